The van der Waals surface area contributed by atoms with Crippen LogP contribution in [-0.2, 0) is 17.8 Å². The van der Waals surface area contributed by atoms with Crippen molar-refractivity contribution in [2.75, 3.05) is 39.4 Å². The van der Waals surface area contributed by atoms with Gasteiger partial charge < -0.3 is 19.0 Å². The molecule has 2 heterocycles. The van der Waals surface area contributed by atoms with Crippen LogP contribution in [0.25, 0.3) is 11.0 Å². The Morgan fingerprint density at radius 2 is 1.51 bits per heavy atom. The number of benzene rings is 3. The van der Waals surface area contributed by atoms with Crippen molar-refractivity contribution in [2.45, 2.75) is 20.0 Å². The van der Waals surface area contributed by atoms with Gasteiger partial charge in [-0.2, -0.15) is 0 Å². The highest BCUT2D eigenvalue weighted by Gasteiger charge is 2.26. The van der Waals surface area contributed by atoms with Gasteiger partial charge in [0.15, 0.2) is 0 Å². The zero-order valence-electron chi connectivity index (χ0n) is 21.1. The Morgan fingerprint density at radius 3 is 2.22 bits per heavy atom. The predicted molar refractivity (Wildman–Crippen MR) is 142 cm³/mol. The summed E-state index contributed by atoms with van der Waals surface area (Å²) in [5.74, 6) is 0.872. The van der Waals surface area contributed by atoms with Crippen LogP contribution < -0.4 is 4.74 Å². The van der Waals surface area contributed by atoms with Gasteiger partial charge in [0.25, 0.3) is 0 Å². The molecule has 3 aromatic carbocycles. The van der Waals surface area contributed by atoms with Crippen molar-refractivity contribution < 1.29 is 23.8 Å². The molecule has 0 amide bonds. The fourth-order valence-electron chi connectivity index (χ4n) is 4.83. The number of carbonyl (C=O) groups excluding carboxylic acids is 1. The molecule has 5 rings (SSSR count). The number of fused-ring (bicyclic) bond motifs is 1. The van der Waals surface area contributed by atoms with Gasteiger partial charge in [0.05, 0.1) is 0 Å². The maximum atomic E-state index is 13.1. The molecule has 1 N–H and O–H groups in total. The van der Waals surface area contributed by atoms with Crippen molar-refractivity contribution in [3.05, 3.63) is 95.2 Å². The van der Waals surface area contributed by atoms with Gasteiger partial charge in [-0.05, 0) is 36.8 Å². The summed E-state index contributed by atoms with van der Waals surface area (Å²) in [6.07, 6.45) is 0. The number of aromatic hydroxyl groups is 1. The molecule has 192 valence electrons. The third-order valence-electron chi connectivity index (χ3n) is 6.74. The summed E-state index contributed by atoms with van der Waals surface area (Å²) in [4.78, 5) is 17.8. The number of nitrogens with zero attached hydrogens (tertiary/aromatic N) is 2. The van der Waals surface area contributed by atoms with Crippen molar-refractivity contribution in [3.63, 3.8) is 0 Å². The quantitative estimate of drug-likeness (QED) is 0.256. The van der Waals surface area contributed by atoms with E-state index >= 15 is 0 Å². The van der Waals surface area contributed by atoms with Crippen molar-refractivity contribution in [1.82, 2.24) is 9.80 Å². The maximum absolute atomic E-state index is 13.1. The fourth-order valence-corrected chi connectivity index (χ4v) is 4.83. The Labute approximate surface area is 216 Å². The van der Waals surface area contributed by atoms with E-state index in [1.165, 1.54) is 5.56 Å². The van der Waals surface area contributed by atoms with E-state index in [0.717, 1.165) is 38.5 Å². The van der Waals surface area contributed by atoms with Crippen LogP contribution >= 0.6 is 0 Å². The first kappa shape index (κ1) is 24.9. The molecule has 1 saturated heterocycles. The Bertz CT molecular complexity index is 1330. The number of rotatable bonds is 9. The number of esters is 1. The molecule has 0 unspecified atom stereocenters. The highest BCUT2D eigenvalue weighted by atomic mass is 16.6. The molecule has 1 aliphatic rings. The molecule has 1 fully saturated rings. The smallest absolute Gasteiger partial charge is 0.342 e. The highest BCUT2D eigenvalue weighted by molar-refractivity contribution is 6.06. The first-order chi connectivity index (χ1) is 18.1. The number of piperazine rings is 1. The normalized spacial score (nSPS) is 14.6. The molecule has 0 saturated carbocycles. The molecule has 7 nitrogen and oxygen atoms in total. The predicted octanol–water partition coefficient (Wildman–Crippen LogP) is 5.00. The lowest BCUT2D eigenvalue weighted by Gasteiger charge is -2.35. The van der Waals surface area contributed by atoms with E-state index < -0.39 is 5.97 Å². The fraction of sp³-hybridized carbons (Fsp3) is 0.300. The molecule has 0 bridgehead atoms. The van der Waals surface area contributed by atoms with Gasteiger partial charge in [-0.25, -0.2) is 4.79 Å². The van der Waals surface area contributed by atoms with Crippen molar-refractivity contribution >= 4 is 16.9 Å². The van der Waals surface area contributed by atoms with Crippen LogP contribution in [0, 0.1) is 6.92 Å². The number of aryl methyl sites for hydroxylation is 1. The van der Waals surface area contributed by atoms with E-state index in [-0.39, 0.29) is 19.0 Å². The van der Waals surface area contributed by atoms with Crippen LogP contribution in [0.3, 0.4) is 0 Å². The summed E-state index contributed by atoms with van der Waals surface area (Å²) in [7, 11) is 0. The second kappa shape index (κ2) is 11.5. The van der Waals surface area contributed by atoms with E-state index in [1.54, 1.807) is 19.1 Å². The van der Waals surface area contributed by atoms with Crippen LogP contribution in [-0.4, -0.2) is 60.3 Å². The van der Waals surface area contributed by atoms with E-state index in [2.05, 4.69) is 34.1 Å². The van der Waals surface area contributed by atoms with E-state index in [0.29, 0.717) is 34.4 Å². The summed E-state index contributed by atoms with van der Waals surface area (Å²) >= 11 is 0. The average Bonchev–Trinajstić information content (AvgIpc) is 3.26. The van der Waals surface area contributed by atoms with E-state index in [4.69, 9.17) is 13.9 Å². The number of furan rings is 1. The lowest BCUT2D eigenvalue weighted by atomic mass is 10.0. The van der Waals surface area contributed by atoms with Gasteiger partial charge in [-0.1, -0.05) is 48.5 Å². The molecule has 0 spiro atoms. The Kier molecular flexibility index (Phi) is 7.73. The molecule has 1 aromatic heterocycles. The third kappa shape index (κ3) is 5.96. The van der Waals surface area contributed by atoms with Gasteiger partial charge in [0, 0.05) is 50.2 Å². The second-order valence-electron chi connectivity index (χ2n) is 9.30. The Morgan fingerprint density at radius 1 is 0.865 bits per heavy atom. The van der Waals surface area contributed by atoms with Crippen molar-refractivity contribution in [3.8, 4) is 11.5 Å². The molecular weight excluding hydrogens is 468 g/mol. The molecule has 1 aliphatic heterocycles. The first-order valence-electron chi connectivity index (χ1n) is 12.7. The van der Waals surface area contributed by atoms with Crippen molar-refractivity contribution in [1.29, 1.82) is 0 Å². The largest absolute Gasteiger partial charge is 0.508 e. The minimum Gasteiger partial charge on any atom is -0.508 e. The number of para-hydroxylation sites is 1. The van der Waals surface area contributed by atoms with Gasteiger partial charge in [-0.15, -0.1) is 0 Å². The van der Waals surface area contributed by atoms with Crippen LogP contribution in [0.1, 0.15) is 27.2 Å². The molecule has 4 aromatic rings. The molecule has 37 heavy (non-hydrogen) atoms. The molecular formula is C30H32N2O5. The zero-order chi connectivity index (χ0) is 25.6. The Balaban J connectivity index is 1.25. The number of ether oxygens (including phenoxy) is 2. The van der Waals surface area contributed by atoms with E-state index in [1.807, 2.05) is 36.4 Å². The monoisotopic (exact) mass is 500 g/mol. The summed E-state index contributed by atoms with van der Waals surface area (Å²) in [6, 6.07) is 23.2. The zero-order valence-corrected chi connectivity index (χ0v) is 21.1. The van der Waals surface area contributed by atoms with Crippen LogP contribution in [0.4, 0.5) is 0 Å². The molecule has 7 heteroatoms. The number of hydrogen-bond acceptors (Lipinski definition) is 7. The van der Waals surface area contributed by atoms with Crippen molar-refractivity contribution in [2.24, 2.45) is 0 Å². The first-order valence-corrected chi connectivity index (χ1v) is 12.7. The molecule has 0 atom stereocenters. The van der Waals surface area contributed by atoms with Crippen LogP contribution in [0.2, 0.25) is 0 Å². The minimum atomic E-state index is -0.479. The molecule has 0 radical (unpaired) electrons. The number of hydrogen-bond donors (Lipinski definition) is 1. The standard InChI is InChI=1S/C30H32N2O5/c1-22-28(30(34)36-19-18-35-24-10-6-3-7-11-24)29-25(26(33)12-13-27(29)37-22)21-32-16-14-31(15-17-32)20-23-8-4-2-5-9-23/h2-13,33H,14-21H2,1H3. The lowest BCUT2D eigenvalue weighted by molar-refractivity contribution is 0.0450. The highest BCUT2D eigenvalue weighted by Crippen LogP contribution is 2.35. The number of phenolic OH excluding ortho intramolecular Hbond substituents is 1. The topological polar surface area (TPSA) is 75.4 Å². The SMILES string of the molecule is Cc1oc2ccc(O)c(CN3CCN(Cc4ccccc4)CC3)c2c1C(=O)OCCOc1ccccc1. The lowest BCUT2D eigenvalue weighted by Crippen LogP contribution is -2.45. The van der Waals surface area contributed by atoms with Gasteiger partial charge in [-0.3, -0.25) is 9.80 Å². The van der Waals surface area contributed by atoms with Crippen LogP contribution in [0.5, 0.6) is 11.5 Å². The molecule has 0 aliphatic carbocycles. The summed E-state index contributed by atoms with van der Waals surface area (Å²) in [5, 5.41) is 11.4. The summed E-state index contributed by atoms with van der Waals surface area (Å²) in [5.41, 5.74) is 2.94. The number of phenols is 1. The third-order valence-corrected chi connectivity index (χ3v) is 6.74. The van der Waals surface area contributed by atoms with Gasteiger partial charge in [0.2, 0.25) is 0 Å². The van der Waals surface area contributed by atoms with Gasteiger partial charge in [0.1, 0.15) is 41.6 Å². The van der Waals surface area contributed by atoms with Gasteiger partial charge >= 0.3 is 5.97 Å². The average molecular weight is 501 g/mol. The summed E-state index contributed by atoms with van der Waals surface area (Å²) < 4.78 is 17.1. The summed E-state index contributed by atoms with van der Waals surface area (Å²) in [6.45, 7) is 7.18. The van der Waals surface area contributed by atoms with E-state index in [9.17, 15) is 9.90 Å². The Hall–Kier alpha value is -3.81. The number of carbonyl (C=O) groups is 1. The minimum absolute atomic E-state index is 0.108. The van der Waals surface area contributed by atoms with Crippen LogP contribution in [0.15, 0.2) is 77.2 Å². The maximum Gasteiger partial charge on any atom is 0.342 e. The second-order valence-corrected chi connectivity index (χ2v) is 9.30.